The largest absolute Gasteiger partial charge is 0.465 e. The van der Waals surface area contributed by atoms with Crippen LogP contribution in [0.15, 0.2) is 18.2 Å². The predicted molar refractivity (Wildman–Crippen MR) is 84.3 cm³/mol. The zero-order valence-corrected chi connectivity index (χ0v) is 13.3. The van der Waals surface area contributed by atoms with Gasteiger partial charge in [0.1, 0.15) is 0 Å². The molecule has 0 aromatic heterocycles. The summed E-state index contributed by atoms with van der Waals surface area (Å²) in [4.78, 5) is 11.9. The first-order valence-electron chi connectivity index (χ1n) is 7.47. The maximum absolute atomic E-state index is 11.9. The van der Waals surface area contributed by atoms with Crippen LogP contribution < -0.4 is 5.32 Å². The second-order valence-electron chi connectivity index (χ2n) is 5.54. The van der Waals surface area contributed by atoms with Crippen molar-refractivity contribution in [1.82, 2.24) is 0 Å². The Labute approximate surface area is 122 Å². The van der Waals surface area contributed by atoms with Gasteiger partial charge >= 0.3 is 5.97 Å². The number of aryl methyl sites for hydroxylation is 1. The molecule has 2 atom stereocenters. The second-order valence-corrected chi connectivity index (χ2v) is 5.54. The maximum Gasteiger partial charge on any atom is 0.339 e. The van der Waals surface area contributed by atoms with E-state index < -0.39 is 0 Å². The Balaban J connectivity index is 2.92. The number of ether oxygens (including phenoxy) is 1. The molecule has 1 N–H and O–H groups in total. The van der Waals surface area contributed by atoms with E-state index in [1.165, 1.54) is 13.5 Å². The summed E-state index contributed by atoms with van der Waals surface area (Å²) in [6.07, 6.45) is 3.33. The molecule has 20 heavy (non-hydrogen) atoms. The molecule has 0 amide bonds. The minimum atomic E-state index is -0.283. The van der Waals surface area contributed by atoms with Gasteiger partial charge in [0.2, 0.25) is 0 Å². The fourth-order valence-corrected chi connectivity index (χ4v) is 2.26. The summed E-state index contributed by atoms with van der Waals surface area (Å²) in [5, 5.41) is 3.50. The molecule has 0 bridgehead atoms. The topological polar surface area (TPSA) is 38.3 Å². The first-order chi connectivity index (χ1) is 9.51. The third-order valence-corrected chi connectivity index (χ3v) is 3.82. The molecule has 112 valence electrons. The molecule has 0 saturated carbocycles. The van der Waals surface area contributed by atoms with E-state index in [0.717, 1.165) is 24.1 Å². The summed E-state index contributed by atoms with van der Waals surface area (Å²) in [5.41, 5.74) is 2.55. The van der Waals surface area contributed by atoms with Gasteiger partial charge in [-0.1, -0.05) is 38.8 Å². The van der Waals surface area contributed by atoms with Crippen LogP contribution in [-0.2, 0) is 4.74 Å². The first kappa shape index (κ1) is 16.5. The smallest absolute Gasteiger partial charge is 0.339 e. The number of hydrogen-bond acceptors (Lipinski definition) is 3. The molecule has 0 aliphatic rings. The van der Waals surface area contributed by atoms with Crippen LogP contribution in [0.5, 0.6) is 0 Å². The third-order valence-electron chi connectivity index (χ3n) is 3.82. The van der Waals surface area contributed by atoms with Crippen molar-refractivity contribution in [3.63, 3.8) is 0 Å². The lowest BCUT2D eigenvalue weighted by Gasteiger charge is -2.23. The summed E-state index contributed by atoms with van der Waals surface area (Å²) >= 11 is 0. The number of hydrogen-bond donors (Lipinski definition) is 1. The van der Waals surface area contributed by atoms with E-state index in [-0.39, 0.29) is 5.97 Å². The lowest BCUT2D eigenvalue weighted by Crippen LogP contribution is -2.23. The van der Waals surface area contributed by atoms with Gasteiger partial charge in [0.25, 0.3) is 0 Å². The van der Waals surface area contributed by atoms with E-state index in [0.29, 0.717) is 17.5 Å². The molecule has 3 nitrogen and oxygen atoms in total. The average Bonchev–Trinajstić information content (AvgIpc) is 2.46. The highest BCUT2D eigenvalue weighted by Gasteiger charge is 2.16. The van der Waals surface area contributed by atoms with Crippen molar-refractivity contribution in [3.05, 3.63) is 29.3 Å². The van der Waals surface area contributed by atoms with E-state index in [4.69, 9.17) is 4.74 Å². The first-order valence-corrected chi connectivity index (χ1v) is 7.47. The van der Waals surface area contributed by atoms with E-state index in [9.17, 15) is 4.79 Å². The Morgan fingerprint density at radius 1 is 1.30 bits per heavy atom. The van der Waals surface area contributed by atoms with Gasteiger partial charge in [-0.2, -0.15) is 0 Å². The Kier molecular flexibility index (Phi) is 6.56. The highest BCUT2D eigenvalue weighted by Crippen LogP contribution is 2.22. The fourth-order valence-electron chi connectivity index (χ4n) is 2.26. The summed E-state index contributed by atoms with van der Waals surface area (Å²) in [7, 11) is 1.42. The molecule has 0 fully saturated rings. The predicted octanol–water partition coefficient (Wildman–Crippen LogP) is 4.41. The van der Waals surface area contributed by atoms with Gasteiger partial charge in [0.05, 0.1) is 12.7 Å². The van der Waals surface area contributed by atoms with E-state index in [1.54, 1.807) is 0 Å². The van der Waals surface area contributed by atoms with Crippen molar-refractivity contribution in [2.45, 2.75) is 53.0 Å². The Morgan fingerprint density at radius 2 is 2.00 bits per heavy atom. The van der Waals surface area contributed by atoms with Gasteiger partial charge in [0.15, 0.2) is 0 Å². The van der Waals surface area contributed by atoms with Crippen LogP contribution in [-0.4, -0.2) is 19.1 Å². The lowest BCUT2D eigenvalue weighted by atomic mass is 9.97. The van der Waals surface area contributed by atoms with Crippen LogP contribution in [0, 0.1) is 12.8 Å². The number of esters is 1. The molecule has 0 saturated heterocycles. The third kappa shape index (κ3) is 4.55. The minimum absolute atomic E-state index is 0.283. The summed E-state index contributed by atoms with van der Waals surface area (Å²) in [5.74, 6) is 0.397. The molecule has 3 heteroatoms. The lowest BCUT2D eigenvalue weighted by molar-refractivity contribution is 0.0601. The molecular weight excluding hydrogens is 250 g/mol. The van der Waals surface area contributed by atoms with Crippen molar-refractivity contribution in [3.8, 4) is 0 Å². The van der Waals surface area contributed by atoms with Gasteiger partial charge in [0, 0.05) is 11.7 Å². The standard InChI is InChI=1S/C17H27NO2/c1-6-12(3)10-14(7-2)18-16-9-8-13(4)11-15(16)17(19)20-5/h8-9,11-12,14,18H,6-7,10H2,1-5H3. The molecule has 1 rings (SSSR count). The highest BCUT2D eigenvalue weighted by molar-refractivity contribution is 5.95. The Morgan fingerprint density at radius 3 is 2.55 bits per heavy atom. The summed E-state index contributed by atoms with van der Waals surface area (Å²) in [6, 6.07) is 6.26. The number of carbonyl (C=O) groups is 1. The van der Waals surface area contributed by atoms with Crippen LogP contribution in [0.25, 0.3) is 0 Å². The fraction of sp³-hybridized carbons (Fsp3) is 0.588. The van der Waals surface area contributed by atoms with Crippen LogP contribution in [0.2, 0.25) is 0 Å². The summed E-state index contributed by atoms with van der Waals surface area (Å²) in [6.45, 7) is 8.63. The van der Waals surface area contributed by atoms with Crippen molar-refractivity contribution in [2.75, 3.05) is 12.4 Å². The van der Waals surface area contributed by atoms with Gasteiger partial charge in [-0.15, -0.1) is 0 Å². The quantitative estimate of drug-likeness (QED) is 0.750. The number of methoxy groups -OCH3 is 1. The number of rotatable bonds is 7. The zero-order valence-electron chi connectivity index (χ0n) is 13.3. The van der Waals surface area contributed by atoms with Gasteiger partial charge in [-0.25, -0.2) is 4.79 Å². The van der Waals surface area contributed by atoms with Crippen molar-refractivity contribution in [1.29, 1.82) is 0 Å². The normalized spacial score (nSPS) is 13.7. The average molecular weight is 277 g/mol. The molecule has 1 aromatic rings. The number of nitrogens with one attached hydrogen (secondary N) is 1. The molecule has 0 radical (unpaired) electrons. The van der Waals surface area contributed by atoms with Crippen molar-refractivity contribution >= 4 is 11.7 Å². The maximum atomic E-state index is 11.9. The number of anilines is 1. The number of carbonyl (C=O) groups excluding carboxylic acids is 1. The van der Waals surface area contributed by atoms with Crippen molar-refractivity contribution < 1.29 is 9.53 Å². The molecule has 0 aliphatic carbocycles. The van der Waals surface area contributed by atoms with Crippen LogP contribution in [0.3, 0.4) is 0 Å². The molecule has 2 unspecified atom stereocenters. The van der Waals surface area contributed by atoms with Gasteiger partial charge in [-0.3, -0.25) is 0 Å². The zero-order chi connectivity index (χ0) is 15.1. The van der Waals surface area contributed by atoms with Crippen LogP contribution in [0.4, 0.5) is 5.69 Å². The highest BCUT2D eigenvalue weighted by atomic mass is 16.5. The molecule has 0 aliphatic heterocycles. The Hall–Kier alpha value is -1.51. The van der Waals surface area contributed by atoms with Gasteiger partial charge < -0.3 is 10.1 Å². The molecule has 0 spiro atoms. The monoisotopic (exact) mass is 277 g/mol. The van der Waals surface area contributed by atoms with Crippen molar-refractivity contribution in [2.24, 2.45) is 5.92 Å². The SMILES string of the molecule is CCC(C)CC(CC)Nc1ccc(C)cc1C(=O)OC. The van der Waals surface area contributed by atoms with E-state index in [1.807, 2.05) is 25.1 Å². The Bertz CT molecular complexity index is 443. The second kappa shape index (κ2) is 7.93. The van der Waals surface area contributed by atoms with Crippen LogP contribution >= 0.6 is 0 Å². The van der Waals surface area contributed by atoms with Gasteiger partial charge in [-0.05, 0) is 37.8 Å². The molecule has 0 heterocycles. The summed E-state index contributed by atoms with van der Waals surface area (Å²) < 4.78 is 4.87. The van der Waals surface area contributed by atoms with E-state index in [2.05, 4.69) is 26.1 Å². The molecule has 1 aromatic carbocycles. The number of benzene rings is 1. The van der Waals surface area contributed by atoms with Crippen LogP contribution in [0.1, 0.15) is 56.0 Å². The van der Waals surface area contributed by atoms with E-state index >= 15 is 0 Å². The molecular formula is C17H27NO2. The minimum Gasteiger partial charge on any atom is -0.465 e.